The van der Waals surface area contributed by atoms with Crippen LogP contribution in [0.3, 0.4) is 0 Å². The van der Waals surface area contributed by atoms with Gasteiger partial charge in [-0.25, -0.2) is 8.78 Å². The first-order valence-electron chi connectivity index (χ1n) is 9.93. The Morgan fingerprint density at radius 2 is 1.58 bits per heavy atom. The maximum atomic E-state index is 13.5. The summed E-state index contributed by atoms with van der Waals surface area (Å²) in [5, 5.41) is 0. The summed E-state index contributed by atoms with van der Waals surface area (Å²) in [6.07, 6.45) is 10.3. The molecule has 0 unspecified atom stereocenters. The topological polar surface area (TPSA) is 0 Å². The third kappa shape index (κ3) is 3.47. The molecule has 0 nitrogen and oxygen atoms in total. The minimum absolute atomic E-state index is 0.699. The van der Waals surface area contributed by atoms with Crippen LogP contribution < -0.4 is 0 Å². The van der Waals surface area contributed by atoms with Gasteiger partial charge in [0.15, 0.2) is 11.6 Å². The molecule has 2 aromatic carbocycles. The highest BCUT2D eigenvalue weighted by molar-refractivity contribution is 5.84. The Kier molecular flexibility index (Phi) is 4.93. The second kappa shape index (κ2) is 7.34. The Hall–Kier alpha value is -1.96. The van der Waals surface area contributed by atoms with E-state index in [9.17, 15) is 8.78 Å². The lowest BCUT2D eigenvalue weighted by molar-refractivity contribution is 0.319. The molecule has 2 aliphatic carbocycles. The Labute approximate surface area is 154 Å². The van der Waals surface area contributed by atoms with E-state index < -0.39 is 11.6 Å². The molecule has 0 aliphatic heterocycles. The zero-order valence-corrected chi connectivity index (χ0v) is 15.4. The molecular formula is C24H26F2. The van der Waals surface area contributed by atoms with Crippen LogP contribution in [0.25, 0.3) is 11.6 Å². The smallest absolute Gasteiger partial charge is 0.159 e. The minimum Gasteiger partial charge on any atom is -0.204 e. The van der Waals surface area contributed by atoms with Crippen LogP contribution in [-0.2, 0) is 6.42 Å². The molecule has 0 N–H and O–H groups in total. The van der Waals surface area contributed by atoms with Gasteiger partial charge in [0.25, 0.3) is 0 Å². The fourth-order valence-electron chi connectivity index (χ4n) is 4.58. The van der Waals surface area contributed by atoms with E-state index in [0.717, 1.165) is 29.9 Å². The van der Waals surface area contributed by atoms with Gasteiger partial charge in [-0.3, -0.25) is 0 Å². The number of fused-ring (bicyclic) bond motifs is 1. The Morgan fingerprint density at radius 1 is 0.885 bits per heavy atom. The zero-order chi connectivity index (χ0) is 18.1. The number of hydrogen-bond acceptors (Lipinski definition) is 0. The summed E-state index contributed by atoms with van der Waals surface area (Å²) >= 11 is 0. The molecule has 26 heavy (non-hydrogen) atoms. The minimum atomic E-state index is -0.765. The lowest BCUT2D eigenvalue weighted by atomic mass is 9.77. The van der Waals surface area contributed by atoms with Gasteiger partial charge in [-0.05, 0) is 90.3 Å². The van der Waals surface area contributed by atoms with Gasteiger partial charge in [-0.2, -0.15) is 0 Å². The second-order valence-corrected chi connectivity index (χ2v) is 7.88. The fraction of sp³-hybridized carbons (Fsp3) is 0.417. The van der Waals surface area contributed by atoms with Crippen molar-refractivity contribution in [2.75, 3.05) is 0 Å². The van der Waals surface area contributed by atoms with Crippen molar-refractivity contribution in [1.29, 1.82) is 0 Å². The predicted octanol–water partition coefficient (Wildman–Crippen LogP) is 7.14. The fourth-order valence-corrected chi connectivity index (χ4v) is 4.58. The van der Waals surface area contributed by atoms with E-state index >= 15 is 0 Å². The summed E-state index contributed by atoms with van der Waals surface area (Å²) in [6.45, 7) is 2.30. The van der Waals surface area contributed by atoms with Crippen molar-refractivity contribution >= 4 is 11.6 Å². The van der Waals surface area contributed by atoms with E-state index in [2.05, 4.69) is 31.2 Å². The normalized spacial score (nSPS) is 22.7. The molecule has 4 rings (SSSR count). The SMILES string of the molecule is CCC1CCC(c2ccc(C3=Cc4cc(F)c(F)cc4CC3)cc2)CC1. The van der Waals surface area contributed by atoms with Crippen LogP contribution in [0, 0.1) is 17.6 Å². The van der Waals surface area contributed by atoms with Gasteiger partial charge in [-0.1, -0.05) is 43.7 Å². The maximum Gasteiger partial charge on any atom is 0.159 e. The number of rotatable bonds is 3. The van der Waals surface area contributed by atoms with Gasteiger partial charge in [0.2, 0.25) is 0 Å². The third-order valence-electron chi connectivity index (χ3n) is 6.35. The predicted molar refractivity (Wildman–Crippen MR) is 104 cm³/mol. The molecule has 1 fully saturated rings. The number of aryl methyl sites for hydroxylation is 1. The zero-order valence-electron chi connectivity index (χ0n) is 15.4. The highest BCUT2D eigenvalue weighted by Gasteiger charge is 2.21. The molecule has 0 bridgehead atoms. The molecule has 0 spiro atoms. The van der Waals surface area contributed by atoms with Crippen LogP contribution in [0.4, 0.5) is 8.78 Å². The van der Waals surface area contributed by atoms with Crippen molar-refractivity contribution < 1.29 is 8.78 Å². The molecule has 0 radical (unpaired) electrons. The highest BCUT2D eigenvalue weighted by Crippen LogP contribution is 2.38. The van der Waals surface area contributed by atoms with Crippen LogP contribution in [0.5, 0.6) is 0 Å². The monoisotopic (exact) mass is 352 g/mol. The van der Waals surface area contributed by atoms with E-state index in [1.54, 1.807) is 0 Å². The largest absolute Gasteiger partial charge is 0.204 e. The molecule has 2 heteroatoms. The molecule has 0 heterocycles. The first-order valence-corrected chi connectivity index (χ1v) is 9.93. The lowest BCUT2D eigenvalue weighted by Crippen LogP contribution is -2.12. The van der Waals surface area contributed by atoms with Crippen molar-refractivity contribution in [1.82, 2.24) is 0 Å². The van der Waals surface area contributed by atoms with Gasteiger partial charge < -0.3 is 0 Å². The van der Waals surface area contributed by atoms with E-state index in [-0.39, 0.29) is 0 Å². The van der Waals surface area contributed by atoms with Gasteiger partial charge in [0.05, 0.1) is 0 Å². The summed E-state index contributed by atoms with van der Waals surface area (Å²) in [5.74, 6) is 0.107. The molecular weight excluding hydrogens is 326 g/mol. The third-order valence-corrected chi connectivity index (χ3v) is 6.35. The second-order valence-electron chi connectivity index (χ2n) is 7.88. The van der Waals surface area contributed by atoms with Crippen molar-refractivity contribution in [2.45, 2.75) is 57.8 Å². The number of halogens is 2. The number of benzene rings is 2. The quantitative estimate of drug-likeness (QED) is 0.551. The van der Waals surface area contributed by atoms with Crippen molar-refractivity contribution in [3.05, 3.63) is 70.3 Å². The van der Waals surface area contributed by atoms with E-state index in [1.807, 2.05) is 6.08 Å². The standard InChI is InChI=1S/C24H26F2/c1-2-16-3-5-17(6-4-16)18-7-9-19(10-8-18)20-11-12-21-14-23(25)24(26)15-22(21)13-20/h7-10,13-17H,2-6,11-12H2,1H3. The first kappa shape index (κ1) is 17.5. The Bertz CT molecular complexity index is 809. The van der Waals surface area contributed by atoms with Crippen LogP contribution in [-0.4, -0.2) is 0 Å². The van der Waals surface area contributed by atoms with Gasteiger partial charge in [-0.15, -0.1) is 0 Å². The molecule has 1 saturated carbocycles. The number of hydrogen-bond donors (Lipinski definition) is 0. The molecule has 0 saturated heterocycles. The summed E-state index contributed by atoms with van der Waals surface area (Å²) in [7, 11) is 0. The Morgan fingerprint density at radius 3 is 2.27 bits per heavy atom. The molecule has 2 aromatic rings. The van der Waals surface area contributed by atoms with E-state index in [0.29, 0.717) is 5.92 Å². The van der Waals surface area contributed by atoms with Crippen molar-refractivity contribution in [3.63, 3.8) is 0 Å². The summed E-state index contributed by atoms with van der Waals surface area (Å²) in [4.78, 5) is 0. The van der Waals surface area contributed by atoms with Crippen LogP contribution in [0.2, 0.25) is 0 Å². The molecule has 136 valence electrons. The first-order chi connectivity index (χ1) is 12.6. The van der Waals surface area contributed by atoms with Gasteiger partial charge >= 0.3 is 0 Å². The van der Waals surface area contributed by atoms with Crippen LogP contribution in [0.15, 0.2) is 36.4 Å². The van der Waals surface area contributed by atoms with Crippen LogP contribution >= 0.6 is 0 Å². The average molecular weight is 352 g/mol. The van der Waals surface area contributed by atoms with E-state index in [4.69, 9.17) is 0 Å². The average Bonchev–Trinajstić information content (AvgIpc) is 2.69. The summed E-state index contributed by atoms with van der Waals surface area (Å²) in [6, 6.07) is 11.6. The van der Waals surface area contributed by atoms with Gasteiger partial charge in [0.1, 0.15) is 0 Å². The molecule has 2 aliphatic rings. The summed E-state index contributed by atoms with van der Waals surface area (Å²) in [5.41, 5.74) is 5.58. The highest BCUT2D eigenvalue weighted by atomic mass is 19.2. The maximum absolute atomic E-state index is 13.5. The Balaban J connectivity index is 1.52. The van der Waals surface area contributed by atoms with E-state index in [1.165, 1.54) is 60.9 Å². The lowest BCUT2D eigenvalue weighted by Gasteiger charge is -2.28. The summed E-state index contributed by atoms with van der Waals surface area (Å²) < 4.78 is 26.9. The number of allylic oxidation sites excluding steroid dienone is 1. The van der Waals surface area contributed by atoms with Crippen molar-refractivity contribution in [2.24, 2.45) is 5.92 Å². The molecule has 0 amide bonds. The van der Waals surface area contributed by atoms with Crippen LogP contribution in [0.1, 0.15) is 73.6 Å². The van der Waals surface area contributed by atoms with Crippen molar-refractivity contribution in [3.8, 4) is 0 Å². The van der Waals surface area contributed by atoms with Gasteiger partial charge in [0, 0.05) is 0 Å². The molecule has 0 atom stereocenters. The molecule has 0 aromatic heterocycles.